The number of aliphatic hydroxyl groups is 1. The second-order valence-corrected chi connectivity index (χ2v) is 14.6. The molecule has 0 fully saturated rings. The van der Waals surface area contributed by atoms with Gasteiger partial charge in [-0.15, -0.1) is 23.6 Å². The number of allylic oxidation sites excluding steroid dienone is 2. The molecule has 0 bridgehead atoms. The van der Waals surface area contributed by atoms with Crippen LogP contribution in [0.5, 0.6) is 0 Å². The number of hydrogen-bond donors (Lipinski definition) is 1. The second-order valence-electron chi connectivity index (χ2n) is 14.6. The van der Waals surface area contributed by atoms with Crippen LogP contribution in [0.1, 0.15) is 117 Å². The van der Waals surface area contributed by atoms with Gasteiger partial charge in [-0.3, -0.25) is 9.78 Å². The number of fused-ring (bicyclic) bond motifs is 3. The van der Waals surface area contributed by atoms with Gasteiger partial charge in [0.15, 0.2) is 5.78 Å². The smallest absolute Gasteiger partial charge is 0.164 e. The summed E-state index contributed by atoms with van der Waals surface area (Å²) < 4.78 is 0. The molecule has 0 saturated heterocycles. The molecule has 3 aromatic carbocycles. The van der Waals surface area contributed by atoms with E-state index in [1.165, 1.54) is 44.8 Å². The number of aliphatic hydroxyl groups excluding tert-OH is 1. The number of benzene rings is 3. The first-order valence-corrected chi connectivity index (χ1v) is 16.8. The molecule has 0 atom stereocenters. The van der Waals surface area contributed by atoms with Gasteiger partial charge in [-0.25, -0.2) is 0 Å². The monoisotopic (exact) mass is 793 g/mol. The second kappa shape index (κ2) is 12.9. The first kappa shape index (κ1) is 35.8. The molecule has 3 nitrogen and oxygen atoms in total. The van der Waals surface area contributed by atoms with Gasteiger partial charge in [-0.2, -0.15) is 0 Å². The van der Waals surface area contributed by atoms with E-state index in [9.17, 15) is 9.90 Å². The zero-order valence-corrected chi connectivity index (χ0v) is 31.7. The number of nitrogens with zero attached hydrogens (tertiary/aromatic N) is 1. The van der Waals surface area contributed by atoms with Gasteiger partial charge in [0, 0.05) is 54.3 Å². The molecule has 6 rings (SSSR count). The first-order valence-electron chi connectivity index (χ1n) is 16.8. The van der Waals surface area contributed by atoms with Crippen molar-refractivity contribution in [1.29, 1.82) is 0 Å². The Morgan fingerprint density at radius 2 is 1.33 bits per heavy atom. The molecule has 1 N–H and O–H groups in total. The average Bonchev–Trinajstić information content (AvgIpc) is 3.25. The number of hydrogen-bond acceptors (Lipinski definition) is 3. The number of ketones is 1. The van der Waals surface area contributed by atoms with Gasteiger partial charge >= 0.3 is 0 Å². The molecule has 2 aliphatic carbocycles. The van der Waals surface area contributed by atoms with Crippen molar-refractivity contribution in [3.63, 3.8) is 0 Å². The summed E-state index contributed by atoms with van der Waals surface area (Å²) in [5.41, 5.74) is 9.71. The molecule has 1 heterocycles. The zero-order valence-electron chi connectivity index (χ0n) is 29.3. The van der Waals surface area contributed by atoms with Crippen LogP contribution in [0.25, 0.3) is 33.2 Å². The normalized spacial score (nSPS) is 15.6. The van der Waals surface area contributed by atoms with E-state index in [1.807, 2.05) is 47.7 Å². The van der Waals surface area contributed by atoms with Crippen molar-refractivity contribution >= 4 is 16.6 Å². The number of carbonyl (C=O) groups excluding carboxylic acids is 1. The summed E-state index contributed by atoms with van der Waals surface area (Å²) in [4.78, 5) is 17.1. The molecular weight excluding hydrogens is 743 g/mol. The Hall–Kier alpha value is -3.07. The van der Waals surface area contributed by atoms with Gasteiger partial charge in [0.1, 0.15) is 5.76 Å². The quantitative estimate of drug-likeness (QED) is 0.115. The zero-order chi connectivity index (χ0) is 32.9. The summed E-state index contributed by atoms with van der Waals surface area (Å²) >= 11 is 0. The summed E-state index contributed by atoms with van der Waals surface area (Å²) in [6.07, 6.45) is 6.73. The van der Waals surface area contributed by atoms with E-state index >= 15 is 0 Å². The molecule has 0 aliphatic heterocycles. The van der Waals surface area contributed by atoms with E-state index in [0.29, 0.717) is 0 Å². The van der Waals surface area contributed by atoms with Gasteiger partial charge in [0.25, 0.3) is 0 Å². The van der Waals surface area contributed by atoms with E-state index in [0.717, 1.165) is 42.3 Å². The predicted octanol–water partition coefficient (Wildman–Crippen LogP) is 11.3. The van der Waals surface area contributed by atoms with Gasteiger partial charge in [0.05, 0.1) is 0 Å². The van der Waals surface area contributed by atoms with E-state index in [2.05, 4.69) is 88.4 Å². The van der Waals surface area contributed by atoms with Crippen LogP contribution in [0.15, 0.2) is 72.6 Å². The van der Waals surface area contributed by atoms with Crippen molar-refractivity contribution < 1.29 is 30.0 Å². The first-order chi connectivity index (χ1) is 21.2. The number of aromatic nitrogens is 1. The summed E-state index contributed by atoms with van der Waals surface area (Å²) in [5, 5.41) is 12.5. The van der Waals surface area contributed by atoms with Crippen molar-refractivity contribution in [2.24, 2.45) is 10.8 Å². The van der Waals surface area contributed by atoms with Gasteiger partial charge in [0.2, 0.25) is 0 Å². The maximum absolute atomic E-state index is 12.2. The van der Waals surface area contributed by atoms with Crippen molar-refractivity contribution in [1.82, 2.24) is 4.98 Å². The number of rotatable bonds is 7. The molecule has 0 unspecified atom stereocenters. The minimum atomic E-state index is -0.337. The largest absolute Gasteiger partial charge is 0.512 e. The SMILES string of the molecule is CC1(C)c2cc3ccccc3[c-]c2-c2nccc3c2-c2c1cccc2C3(C)C.CCC(C)(CC)C(=O)/C=C(\O)C(C)(CC)CC.[Ir]. The van der Waals surface area contributed by atoms with Crippen LogP contribution in [0.3, 0.4) is 0 Å². The Labute approximate surface area is 290 Å². The molecule has 0 saturated carbocycles. The van der Waals surface area contributed by atoms with E-state index in [-0.39, 0.29) is 53.3 Å². The number of pyridine rings is 1. The maximum atomic E-state index is 12.2. The Morgan fingerprint density at radius 1 is 0.783 bits per heavy atom. The third kappa shape index (κ3) is 5.60. The summed E-state index contributed by atoms with van der Waals surface area (Å²) in [5.74, 6) is 0.286. The fourth-order valence-corrected chi connectivity index (χ4v) is 7.11. The number of carbonyl (C=O) groups is 1. The molecule has 1 aromatic heterocycles. The Morgan fingerprint density at radius 3 is 1.91 bits per heavy atom. The van der Waals surface area contributed by atoms with Crippen molar-refractivity contribution in [2.75, 3.05) is 0 Å². The summed E-state index contributed by atoms with van der Waals surface area (Å²) in [6, 6.07) is 23.7. The van der Waals surface area contributed by atoms with Crippen LogP contribution in [0, 0.1) is 16.9 Å². The minimum Gasteiger partial charge on any atom is -0.512 e. The molecule has 245 valence electrons. The van der Waals surface area contributed by atoms with Gasteiger partial charge < -0.3 is 5.11 Å². The van der Waals surface area contributed by atoms with Crippen molar-refractivity contribution in [2.45, 2.75) is 106 Å². The third-order valence-electron chi connectivity index (χ3n) is 11.6. The van der Waals surface area contributed by atoms with Gasteiger partial charge in [-0.05, 0) is 65.0 Å². The van der Waals surface area contributed by atoms with Crippen LogP contribution in [0.2, 0.25) is 0 Å². The van der Waals surface area contributed by atoms with Crippen LogP contribution in [0.4, 0.5) is 0 Å². The predicted molar refractivity (Wildman–Crippen MR) is 189 cm³/mol. The van der Waals surface area contributed by atoms with Crippen LogP contribution < -0.4 is 0 Å². The summed E-state index contributed by atoms with van der Waals surface area (Å²) in [7, 11) is 0. The van der Waals surface area contributed by atoms with Crippen molar-refractivity contribution in [3.8, 4) is 22.4 Å². The average molecular weight is 793 g/mol. The van der Waals surface area contributed by atoms with Crippen molar-refractivity contribution in [3.05, 3.63) is 101 Å². The fourth-order valence-electron chi connectivity index (χ4n) is 7.11. The fraction of sp³-hybridized carbons (Fsp3) is 0.429. The topological polar surface area (TPSA) is 50.2 Å². The summed E-state index contributed by atoms with van der Waals surface area (Å²) in [6.45, 7) is 21.5. The molecule has 1 radical (unpaired) electrons. The molecular formula is C42H50IrNO2-. The molecule has 4 aromatic rings. The van der Waals surface area contributed by atoms with Crippen LogP contribution >= 0.6 is 0 Å². The van der Waals surface area contributed by atoms with Gasteiger partial charge in [-0.1, -0.05) is 122 Å². The molecule has 4 heteroatoms. The molecule has 46 heavy (non-hydrogen) atoms. The maximum Gasteiger partial charge on any atom is 0.164 e. The Balaban J connectivity index is 0.000000234. The Kier molecular flexibility index (Phi) is 10.00. The van der Waals surface area contributed by atoms with Crippen LogP contribution in [-0.4, -0.2) is 15.9 Å². The molecule has 2 aliphatic rings. The van der Waals surface area contributed by atoms with Crippen LogP contribution in [-0.2, 0) is 35.7 Å². The standard InChI is InChI=1S/C27H22N.C15H28O2.Ir/c1-26(2)19-10-7-11-20-23(19)24-21(26)12-13-28-25(24)18-14-16-8-5-6-9-17(16)15-22(18)27(20,3)4;1-7-14(5,8-2)12(16)11-13(17)15(6,9-3)10-4;/h5-13,15H,1-4H3;11,16H,7-10H2,1-6H3;/q-1;;/b;12-11-;. The molecule has 0 amide bonds. The van der Waals surface area contributed by atoms with E-state index < -0.39 is 0 Å². The third-order valence-corrected chi connectivity index (χ3v) is 11.6. The van der Waals surface area contributed by atoms with E-state index in [1.54, 1.807) is 0 Å². The van der Waals surface area contributed by atoms with E-state index in [4.69, 9.17) is 4.98 Å². The Bertz CT molecular complexity index is 1800. The minimum absolute atomic E-state index is 0. The molecule has 0 spiro atoms.